The average Bonchev–Trinajstić information content (AvgIpc) is 3.22. The smallest absolute Gasteiger partial charge is 0.223 e. The summed E-state index contributed by atoms with van der Waals surface area (Å²) in [4.78, 5) is 11.9. The molecular weight excluding hydrogens is 372 g/mol. The zero-order valence-corrected chi connectivity index (χ0v) is 17.4. The van der Waals surface area contributed by atoms with Gasteiger partial charge in [0.2, 0.25) is 5.95 Å². The molecule has 30 heavy (non-hydrogen) atoms. The van der Waals surface area contributed by atoms with Gasteiger partial charge in [0.15, 0.2) is 0 Å². The highest BCUT2D eigenvalue weighted by Gasteiger charge is 2.19. The molecule has 1 aliphatic rings. The van der Waals surface area contributed by atoms with Gasteiger partial charge in [0.25, 0.3) is 0 Å². The molecule has 0 unspecified atom stereocenters. The summed E-state index contributed by atoms with van der Waals surface area (Å²) in [6.45, 7) is 3.91. The first-order chi connectivity index (χ1) is 14.7. The first-order valence-electron chi connectivity index (χ1n) is 10.1. The van der Waals surface area contributed by atoms with Crippen LogP contribution in [0, 0.1) is 6.92 Å². The van der Waals surface area contributed by atoms with Crippen molar-refractivity contribution in [3.8, 4) is 17.0 Å². The van der Waals surface area contributed by atoms with Gasteiger partial charge in [-0.3, -0.25) is 0 Å². The van der Waals surface area contributed by atoms with Crippen molar-refractivity contribution in [2.24, 2.45) is 0 Å². The summed E-state index contributed by atoms with van der Waals surface area (Å²) in [5, 5.41) is 4.11. The largest absolute Gasteiger partial charge is 0.496 e. The molecule has 1 aromatic heterocycles. The van der Waals surface area contributed by atoms with Gasteiger partial charge < -0.3 is 15.0 Å². The molecule has 4 aromatic rings. The Morgan fingerprint density at radius 1 is 0.933 bits per heavy atom. The third-order valence-corrected chi connectivity index (χ3v) is 5.76. The zero-order chi connectivity index (χ0) is 20.7. The molecule has 1 aliphatic heterocycles. The lowest BCUT2D eigenvalue weighted by Crippen LogP contribution is -2.14. The average molecular weight is 396 g/mol. The van der Waals surface area contributed by atoms with Crippen LogP contribution in [0.4, 0.5) is 11.6 Å². The van der Waals surface area contributed by atoms with E-state index in [0.29, 0.717) is 5.95 Å². The predicted octanol–water partition coefficient (Wildman–Crippen LogP) is 5.18. The van der Waals surface area contributed by atoms with E-state index in [0.717, 1.165) is 46.6 Å². The number of fused-ring (bicyclic) bond motifs is 2. The van der Waals surface area contributed by atoms with Crippen LogP contribution < -0.4 is 15.0 Å². The number of nitrogens with one attached hydrogen (secondary N) is 1. The normalized spacial score (nSPS) is 12.8. The molecule has 150 valence electrons. The van der Waals surface area contributed by atoms with E-state index < -0.39 is 0 Å². The van der Waals surface area contributed by atoms with Gasteiger partial charge in [0.05, 0.1) is 18.3 Å². The standard InChI is InChI=1S/C25H24N4O/c1-16-11-21-22(13-23(16)30-3)27-25(26-2)28-24(21)17-9-6-10-20(12-17)29-14-18-7-4-5-8-19(18)15-29/h4-13H,14-15H2,1-3H3,(H,26,27,28). The van der Waals surface area contributed by atoms with Crippen LogP contribution in [0.1, 0.15) is 16.7 Å². The van der Waals surface area contributed by atoms with Crippen molar-refractivity contribution >= 4 is 22.5 Å². The van der Waals surface area contributed by atoms with Crippen molar-refractivity contribution in [2.45, 2.75) is 20.0 Å². The van der Waals surface area contributed by atoms with Crippen molar-refractivity contribution in [3.63, 3.8) is 0 Å². The number of rotatable bonds is 4. The van der Waals surface area contributed by atoms with Crippen molar-refractivity contribution in [1.29, 1.82) is 0 Å². The molecule has 0 atom stereocenters. The summed E-state index contributed by atoms with van der Waals surface area (Å²) in [7, 11) is 3.53. The quantitative estimate of drug-likeness (QED) is 0.515. The molecule has 1 N–H and O–H groups in total. The second-order valence-corrected chi connectivity index (χ2v) is 7.66. The van der Waals surface area contributed by atoms with E-state index in [1.165, 1.54) is 16.8 Å². The number of anilines is 2. The Balaban J connectivity index is 1.61. The highest BCUT2D eigenvalue weighted by atomic mass is 16.5. The monoisotopic (exact) mass is 396 g/mol. The van der Waals surface area contributed by atoms with Crippen LogP contribution in [-0.2, 0) is 13.1 Å². The Labute approximate surface area is 176 Å². The fraction of sp³-hybridized carbons (Fsp3) is 0.200. The van der Waals surface area contributed by atoms with Crippen LogP contribution in [0.15, 0.2) is 60.7 Å². The van der Waals surface area contributed by atoms with Crippen molar-refractivity contribution in [1.82, 2.24) is 9.97 Å². The van der Waals surface area contributed by atoms with E-state index in [-0.39, 0.29) is 0 Å². The minimum Gasteiger partial charge on any atom is -0.496 e. The lowest BCUT2D eigenvalue weighted by atomic mass is 10.0. The van der Waals surface area contributed by atoms with Crippen LogP contribution in [0.3, 0.4) is 0 Å². The molecule has 0 radical (unpaired) electrons. The van der Waals surface area contributed by atoms with E-state index in [1.54, 1.807) is 7.11 Å². The molecule has 5 rings (SSSR count). The molecule has 0 saturated carbocycles. The number of ether oxygens (including phenoxy) is 1. The summed E-state index contributed by atoms with van der Waals surface area (Å²) in [6.07, 6.45) is 0. The first-order valence-corrected chi connectivity index (χ1v) is 10.1. The highest BCUT2D eigenvalue weighted by Crippen LogP contribution is 2.35. The van der Waals surface area contributed by atoms with Crippen molar-refractivity contribution < 1.29 is 4.74 Å². The molecule has 3 aromatic carbocycles. The topological polar surface area (TPSA) is 50.3 Å². The Morgan fingerprint density at radius 2 is 1.70 bits per heavy atom. The Kier molecular flexibility index (Phi) is 4.51. The molecule has 0 spiro atoms. The minimum atomic E-state index is 0.599. The SMILES string of the molecule is CNc1nc(-c2cccc(N3Cc4ccccc4C3)c2)c2cc(C)c(OC)cc2n1. The molecule has 5 nitrogen and oxygen atoms in total. The number of benzene rings is 3. The van der Waals surface area contributed by atoms with E-state index in [1.807, 2.05) is 20.0 Å². The second kappa shape index (κ2) is 7.34. The maximum absolute atomic E-state index is 5.50. The summed E-state index contributed by atoms with van der Waals surface area (Å²) < 4.78 is 5.50. The maximum atomic E-state index is 5.50. The number of aryl methyl sites for hydroxylation is 1. The van der Waals surface area contributed by atoms with Gasteiger partial charge in [-0.1, -0.05) is 36.4 Å². The summed E-state index contributed by atoms with van der Waals surface area (Å²) in [6, 6.07) is 21.4. The fourth-order valence-electron chi connectivity index (χ4n) is 4.18. The number of aromatic nitrogens is 2. The Bertz CT molecular complexity index is 1230. The summed E-state index contributed by atoms with van der Waals surface area (Å²) >= 11 is 0. The summed E-state index contributed by atoms with van der Waals surface area (Å²) in [5.41, 5.74) is 7.94. The van der Waals surface area contributed by atoms with E-state index in [9.17, 15) is 0 Å². The Hall–Kier alpha value is -3.60. The predicted molar refractivity (Wildman–Crippen MR) is 122 cm³/mol. The third-order valence-electron chi connectivity index (χ3n) is 5.76. The Morgan fingerprint density at radius 3 is 2.40 bits per heavy atom. The van der Waals surface area contributed by atoms with Crippen LogP contribution >= 0.6 is 0 Å². The zero-order valence-electron chi connectivity index (χ0n) is 17.4. The molecular formula is C25H24N4O. The molecule has 0 bridgehead atoms. The van der Waals surface area contributed by atoms with Gasteiger partial charge in [-0.05, 0) is 41.8 Å². The van der Waals surface area contributed by atoms with E-state index in [4.69, 9.17) is 9.72 Å². The second-order valence-electron chi connectivity index (χ2n) is 7.66. The van der Waals surface area contributed by atoms with Crippen LogP contribution in [-0.4, -0.2) is 24.1 Å². The van der Waals surface area contributed by atoms with E-state index in [2.05, 4.69) is 69.8 Å². The van der Waals surface area contributed by atoms with E-state index >= 15 is 0 Å². The molecule has 0 saturated heterocycles. The van der Waals surface area contributed by atoms with Gasteiger partial charge in [0.1, 0.15) is 5.75 Å². The number of hydrogen-bond acceptors (Lipinski definition) is 5. The van der Waals surface area contributed by atoms with Gasteiger partial charge in [-0.15, -0.1) is 0 Å². The van der Waals surface area contributed by atoms with Gasteiger partial charge >= 0.3 is 0 Å². The number of methoxy groups -OCH3 is 1. The minimum absolute atomic E-state index is 0.599. The fourth-order valence-corrected chi connectivity index (χ4v) is 4.18. The molecule has 2 heterocycles. The summed E-state index contributed by atoms with van der Waals surface area (Å²) in [5.74, 6) is 1.43. The third kappa shape index (κ3) is 3.12. The number of nitrogens with zero attached hydrogens (tertiary/aromatic N) is 3. The van der Waals surface area contributed by atoms with Crippen molar-refractivity contribution in [2.75, 3.05) is 24.4 Å². The first kappa shape index (κ1) is 18.4. The number of hydrogen-bond donors (Lipinski definition) is 1. The molecule has 0 fully saturated rings. The highest BCUT2D eigenvalue weighted by molar-refractivity contribution is 5.95. The van der Waals surface area contributed by atoms with Crippen LogP contribution in [0.25, 0.3) is 22.2 Å². The van der Waals surface area contributed by atoms with Crippen LogP contribution in [0.2, 0.25) is 0 Å². The molecule has 5 heteroatoms. The molecule has 0 aliphatic carbocycles. The van der Waals surface area contributed by atoms with Crippen molar-refractivity contribution in [3.05, 3.63) is 77.4 Å². The van der Waals surface area contributed by atoms with Gasteiger partial charge in [-0.25, -0.2) is 9.97 Å². The maximum Gasteiger partial charge on any atom is 0.223 e. The molecule has 0 amide bonds. The van der Waals surface area contributed by atoms with Gasteiger partial charge in [-0.2, -0.15) is 0 Å². The lowest BCUT2D eigenvalue weighted by molar-refractivity contribution is 0.412. The van der Waals surface area contributed by atoms with Crippen LogP contribution in [0.5, 0.6) is 5.75 Å². The van der Waals surface area contributed by atoms with Gasteiger partial charge in [0, 0.05) is 42.8 Å². The lowest BCUT2D eigenvalue weighted by Gasteiger charge is -2.19.